The Balaban J connectivity index is 2.10. The van der Waals surface area contributed by atoms with Crippen LogP contribution < -0.4 is 25.7 Å². The lowest BCUT2D eigenvalue weighted by Crippen LogP contribution is -2.37. The van der Waals surface area contributed by atoms with Crippen molar-refractivity contribution in [3.8, 4) is 17.4 Å². The molecule has 0 radical (unpaired) electrons. The van der Waals surface area contributed by atoms with E-state index in [1.165, 1.54) is 0 Å². The van der Waals surface area contributed by atoms with E-state index in [1.54, 1.807) is 0 Å². The number of hydrogen-bond donors (Lipinski definition) is 1. The van der Waals surface area contributed by atoms with Crippen LogP contribution in [0.15, 0.2) is 16.9 Å². The van der Waals surface area contributed by atoms with Gasteiger partial charge in [0.1, 0.15) is 11.5 Å². The third kappa shape index (κ3) is 2.50. The Bertz CT molecular complexity index is 897. The maximum absolute atomic E-state index is 11.5. The molecule has 3 rings (SSSR count). The summed E-state index contributed by atoms with van der Waals surface area (Å²) in [5, 5.41) is 1.20. The first-order valence-electron chi connectivity index (χ1n) is 7.21. The summed E-state index contributed by atoms with van der Waals surface area (Å²) >= 11 is 0. The van der Waals surface area contributed by atoms with Crippen LogP contribution >= 0.6 is 0 Å². The van der Waals surface area contributed by atoms with Crippen LogP contribution in [0, 0.1) is 12.8 Å². The van der Waals surface area contributed by atoms with Gasteiger partial charge in [-0.2, -0.15) is 4.98 Å². The second kappa shape index (κ2) is 5.33. The fraction of sp³-hybridized carbons (Fsp3) is 0.294. The molecule has 5 heteroatoms. The van der Waals surface area contributed by atoms with E-state index in [2.05, 4.69) is 30.4 Å². The molecule has 0 aliphatic carbocycles. The molecule has 0 spiro atoms. The Morgan fingerprint density at radius 2 is 2.18 bits per heavy atom. The van der Waals surface area contributed by atoms with Crippen LogP contribution in [0.1, 0.15) is 25.0 Å². The van der Waals surface area contributed by atoms with Gasteiger partial charge in [-0.3, -0.25) is 0 Å². The maximum atomic E-state index is 11.5. The van der Waals surface area contributed by atoms with Crippen molar-refractivity contribution < 1.29 is 9.47 Å². The first-order chi connectivity index (χ1) is 10.5. The number of nitrogens with one attached hydrogen (secondary N) is 1. The van der Waals surface area contributed by atoms with Gasteiger partial charge >= 0.3 is 5.69 Å². The monoisotopic (exact) mass is 298 g/mol. The standard InChI is InChI=1S/C17H18N2O3/c1-9(2)8-21-14-6-5-12-7-13-11(4)18-17(20)19-16(13)22-15(12)10(14)3/h5-7,9H,4,8H2,1-3H3,(H,18,20). The normalized spacial score (nSPS) is 12.2. The number of hydrogen-bond acceptors (Lipinski definition) is 4. The first kappa shape index (κ1) is 14.4. The lowest BCUT2D eigenvalue weighted by Gasteiger charge is -2.19. The van der Waals surface area contributed by atoms with Crippen molar-refractivity contribution in [1.29, 1.82) is 0 Å². The SMILES string of the molecule is C=c1[nH]c(=O)nc2c1=Cc1ccc(OCC(C)C)c(C)c1O2. The van der Waals surface area contributed by atoms with Crippen molar-refractivity contribution in [3.05, 3.63) is 44.3 Å². The predicted molar refractivity (Wildman–Crippen MR) is 84.8 cm³/mol. The molecule has 1 aliphatic heterocycles. The Labute approximate surface area is 127 Å². The molecule has 1 N–H and O–H groups in total. The second-order valence-electron chi connectivity index (χ2n) is 5.80. The fourth-order valence-electron chi connectivity index (χ4n) is 2.34. The highest BCUT2D eigenvalue weighted by Gasteiger charge is 2.18. The van der Waals surface area contributed by atoms with E-state index in [-0.39, 0.29) is 5.88 Å². The van der Waals surface area contributed by atoms with Crippen molar-refractivity contribution in [1.82, 2.24) is 9.97 Å². The average Bonchev–Trinajstić information content (AvgIpc) is 2.45. The molecule has 1 aromatic heterocycles. The summed E-state index contributed by atoms with van der Waals surface area (Å²) in [7, 11) is 0. The molecule has 0 saturated carbocycles. The number of ether oxygens (including phenoxy) is 2. The molecule has 22 heavy (non-hydrogen) atoms. The molecule has 0 fully saturated rings. The van der Waals surface area contributed by atoms with E-state index in [0.29, 0.717) is 28.8 Å². The zero-order valence-corrected chi connectivity index (χ0v) is 12.9. The zero-order chi connectivity index (χ0) is 15.9. The summed E-state index contributed by atoms with van der Waals surface area (Å²) in [6.07, 6.45) is 1.92. The molecule has 0 bridgehead atoms. The highest BCUT2D eigenvalue weighted by Crippen LogP contribution is 2.35. The number of nitrogens with zero attached hydrogens (tertiary/aromatic N) is 1. The number of H-pyrrole nitrogens is 1. The van der Waals surface area contributed by atoms with Crippen LogP contribution in [0.3, 0.4) is 0 Å². The van der Waals surface area contributed by atoms with Crippen molar-refractivity contribution in [2.24, 2.45) is 5.92 Å². The van der Waals surface area contributed by atoms with Gasteiger partial charge in [0.15, 0.2) is 0 Å². The number of benzene rings is 1. The van der Waals surface area contributed by atoms with Crippen LogP contribution in [-0.4, -0.2) is 16.6 Å². The van der Waals surface area contributed by atoms with Gasteiger partial charge < -0.3 is 14.5 Å². The minimum atomic E-state index is -0.467. The Kier molecular flexibility index (Phi) is 3.48. The van der Waals surface area contributed by atoms with Crippen LogP contribution in [0.4, 0.5) is 0 Å². The first-order valence-corrected chi connectivity index (χ1v) is 7.21. The zero-order valence-electron chi connectivity index (χ0n) is 12.9. The predicted octanol–water partition coefficient (Wildman–Crippen LogP) is 1.46. The highest BCUT2D eigenvalue weighted by molar-refractivity contribution is 5.66. The minimum absolute atomic E-state index is 0.283. The molecule has 1 aliphatic rings. The molecular weight excluding hydrogens is 280 g/mol. The summed E-state index contributed by atoms with van der Waals surface area (Å²) in [5.41, 5.74) is 1.35. The summed E-state index contributed by atoms with van der Waals surface area (Å²) in [5.74, 6) is 2.18. The summed E-state index contributed by atoms with van der Waals surface area (Å²) in [6.45, 7) is 10.6. The lowest BCUT2D eigenvalue weighted by atomic mass is 10.1. The van der Waals surface area contributed by atoms with Gasteiger partial charge in [-0.25, -0.2) is 4.79 Å². The van der Waals surface area contributed by atoms with Crippen molar-refractivity contribution in [3.63, 3.8) is 0 Å². The van der Waals surface area contributed by atoms with Crippen molar-refractivity contribution in [2.75, 3.05) is 6.61 Å². The molecule has 0 amide bonds. The van der Waals surface area contributed by atoms with Gasteiger partial charge in [0.05, 0.1) is 11.8 Å². The van der Waals surface area contributed by atoms with Gasteiger partial charge in [0.25, 0.3) is 0 Å². The average molecular weight is 298 g/mol. The largest absolute Gasteiger partial charge is 0.493 e. The number of aromatic amines is 1. The van der Waals surface area contributed by atoms with Crippen molar-refractivity contribution >= 4 is 12.7 Å². The molecule has 1 aromatic carbocycles. The number of aromatic nitrogens is 2. The van der Waals surface area contributed by atoms with E-state index >= 15 is 0 Å². The van der Waals surface area contributed by atoms with Crippen LogP contribution in [0.5, 0.6) is 17.4 Å². The molecule has 0 atom stereocenters. The summed E-state index contributed by atoms with van der Waals surface area (Å²) < 4.78 is 11.6. The Hall–Kier alpha value is -2.56. The fourth-order valence-corrected chi connectivity index (χ4v) is 2.34. The van der Waals surface area contributed by atoms with Crippen LogP contribution in [-0.2, 0) is 0 Å². The van der Waals surface area contributed by atoms with E-state index in [0.717, 1.165) is 16.9 Å². The quantitative estimate of drug-likeness (QED) is 0.795. The second-order valence-corrected chi connectivity index (χ2v) is 5.80. The topological polar surface area (TPSA) is 64.2 Å². The molecule has 0 saturated heterocycles. The molecule has 2 heterocycles. The van der Waals surface area contributed by atoms with Gasteiger partial charge in [-0.1, -0.05) is 20.4 Å². The molecule has 0 unspecified atom stereocenters. The van der Waals surface area contributed by atoms with Crippen molar-refractivity contribution in [2.45, 2.75) is 20.8 Å². The smallest absolute Gasteiger partial charge is 0.348 e. The summed E-state index contributed by atoms with van der Waals surface area (Å²) in [6, 6.07) is 3.87. The van der Waals surface area contributed by atoms with Crippen LogP contribution in [0.25, 0.3) is 12.7 Å². The lowest BCUT2D eigenvalue weighted by molar-refractivity contribution is 0.268. The number of fused-ring (bicyclic) bond motifs is 2. The van der Waals surface area contributed by atoms with Gasteiger partial charge in [0.2, 0.25) is 5.88 Å². The highest BCUT2D eigenvalue weighted by atomic mass is 16.5. The number of rotatable bonds is 3. The Morgan fingerprint density at radius 3 is 2.91 bits per heavy atom. The van der Waals surface area contributed by atoms with E-state index in [4.69, 9.17) is 9.47 Å². The minimum Gasteiger partial charge on any atom is -0.493 e. The molecule has 5 nitrogen and oxygen atoms in total. The van der Waals surface area contributed by atoms with Gasteiger partial charge in [-0.05, 0) is 31.1 Å². The van der Waals surface area contributed by atoms with E-state index in [9.17, 15) is 4.79 Å². The summed E-state index contributed by atoms with van der Waals surface area (Å²) in [4.78, 5) is 17.9. The van der Waals surface area contributed by atoms with Gasteiger partial charge in [-0.15, -0.1) is 0 Å². The maximum Gasteiger partial charge on any atom is 0.348 e. The Morgan fingerprint density at radius 1 is 1.41 bits per heavy atom. The molecule has 2 aromatic rings. The third-order valence-corrected chi connectivity index (χ3v) is 3.47. The molecule has 114 valence electrons. The van der Waals surface area contributed by atoms with Crippen LogP contribution in [0.2, 0.25) is 0 Å². The van der Waals surface area contributed by atoms with E-state index < -0.39 is 5.69 Å². The van der Waals surface area contributed by atoms with Gasteiger partial charge in [0, 0.05) is 16.5 Å². The third-order valence-electron chi connectivity index (χ3n) is 3.47. The molecular formula is C17H18N2O3. The van der Waals surface area contributed by atoms with E-state index in [1.807, 2.05) is 25.1 Å².